The van der Waals surface area contributed by atoms with Crippen molar-refractivity contribution in [1.29, 1.82) is 0 Å². The molecule has 0 radical (unpaired) electrons. The van der Waals surface area contributed by atoms with Crippen molar-refractivity contribution < 1.29 is 24.1 Å². The standard InChI is InChI=1S/C13H14O5/c1-13(2)17-8-11(18-13)7-16-12(15)9-3-5-10(14)6-4-9/h3-6,8,14H,7H2,1-2H3. The molecule has 0 spiro atoms. The fourth-order valence-electron chi connectivity index (χ4n) is 1.45. The van der Waals surface area contributed by atoms with E-state index < -0.39 is 11.8 Å². The second kappa shape index (κ2) is 4.60. The first-order chi connectivity index (χ1) is 8.46. The SMILES string of the molecule is CC1(C)OC=C(COC(=O)c2ccc(O)cc2)O1. The number of carbonyl (C=O) groups is 1. The summed E-state index contributed by atoms with van der Waals surface area (Å²) in [5, 5.41) is 9.10. The van der Waals surface area contributed by atoms with Crippen LogP contribution >= 0.6 is 0 Å². The van der Waals surface area contributed by atoms with Crippen molar-refractivity contribution in [2.24, 2.45) is 0 Å². The molecule has 0 aliphatic carbocycles. The molecule has 0 saturated carbocycles. The summed E-state index contributed by atoms with van der Waals surface area (Å²) in [6.45, 7) is 3.54. The van der Waals surface area contributed by atoms with E-state index >= 15 is 0 Å². The van der Waals surface area contributed by atoms with Crippen molar-refractivity contribution in [3.8, 4) is 5.75 Å². The highest BCUT2D eigenvalue weighted by Crippen LogP contribution is 2.24. The van der Waals surface area contributed by atoms with Crippen molar-refractivity contribution in [3.63, 3.8) is 0 Å². The monoisotopic (exact) mass is 250 g/mol. The van der Waals surface area contributed by atoms with Gasteiger partial charge in [-0.2, -0.15) is 0 Å². The van der Waals surface area contributed by atoms with Gasteiger partial charge in [0.05, 0.1) is 5.56 Å². The van der Waals surface area contributed by atoms with Crippen LogP contribution in [0.5, 0.6) is 5.75 Å². The minimum atomic E-state index is -0.708. The van der Waals surface area contributed by atoms with Crippen LogP contribution in [0.2, 0.25) is 0 Å². The molecule has 0 aromatic heterocycles. The number of benzene rings is 1. The molecular weight excluding hydrogens is 236 g/mol. The number of aromatic hydroxyl groups is 1. The number of carbonyl (C=O) groups excluding carboxylic acids is 1. The fraction of sp³-hybridized carbons (Fsp3) is 0.308. The van der Waals surface area contributed by atoms with Crippen molar-refractivity contribution in [1.82, 2.24) is 0 Å². The lowest BCUT2D eigenvalue weighted by Gasteiger charge is -2.18. The molecule has 0 atom stereocenters. The number of hydrogen-bond donors (Lipinski definition) is 1. The third kappa shape index (κ3) is 2.94. The minimum absolute atomic E-state index is 0.0170. The summed E-state index contributed by atoms with van der Waals surface area (Å²) >= 11 is 0. The van der Waals surface area contributed by atoms with E-state index in [4.69, 9.17) is 19.3 Å². The summed E-state index contributed by atoms with van der Waals surface area (Å²) in [5.74, 6) is -0.625. The van der Waals surface area contributed by atoms with Crippen molar-refractivity contribution >= 4 is 5.97 Å². The number of phenols is 1. The van der Waals surface area contributed by atoms with Gasteiger partial charge in [0, 0.05) is 13.8 Å². The van der Waals surface area contributed by atoms with Crippen molar-refractivity contribution in [2.45, 2.75) is 19.6 Å². The van der Waals surface area contributed by atoms with E-state index in [1.807, 2.05) is 0 Å². The molecule has 1 heterocycles. The molecule has 18 heavy (non-hydrogen) atoms. The lowest BCUT2D eigenvalue weighted by Crippen LogP contribution is -2.21. The van der Waals surface area contributed by atoms with Gasteiger partial charge in [0.1, 0.15) is 12.0 Å². The maximum atomic E-state index is 11.6. The van der Waals surface area contributed by atoms with Crippen molar-refractivity contribution in [3.05, 3.63) is 41.9 Å². The number of esters is 1. The number of rotatable bonds is 3. The first-order valence-corrected chi connectivity index (χ1v) is 5.48. The quantitative estimate of drug-likeness (QED) is 0.833. The Balaban J connectivity index is 1.88. The van der Waals surface area contributed by atoms with Crippen molar-refractivity contribution in [2.75, 3.05) is 6.61 Å². The molecule has 0 amide bonds. The second-order valence-corrected chi connectivity index (χ2v) is 4.33. The highest BCUT2D eigenvalue weighted by atomic mass is 16.7. The first-order valence-electron chi connectivity index (χ1n) is 5.48. The predicted molar refractivity (Wildman–Crippen MR) is 62.7 cm³/mol. The Morgan fingerprint density at radius 1 is 1.33 bits per heavy atom. The summed E-state index contributed by atoms with van der Waals surface area (Å²) in [6, 6.07) is 5.83. The molecule has 2 rings (SSSR count). The zero-order chi connectivity index (χ0) is 13.2. The van der Waals surface area contributed by atoms with Crippen LogP contribution in [-0.2, 0) is 14.2 Å². The Morgan fingerprint density at radius 2 is 2.00 bits per heavy atom. The highest BCUT2D eigenvalue weighted by molar-refractivity contribution is 5.89. The van der Waals surface area contributed by atoms with E-state index in [-0.39, 0.29) is 12.4 Å². The van der Waals surface area contributed by atoms with Gasteiger partial charge >= 0.3 is 5.97 Å². The second-order valence-electron chi connectivity index (χ2n) is 4.33. The Hall–Kier alpha value is -2.17. The summed E-state index contributed by atoms with van der Waals surface area (Å²) in [6.07, 6.45) is 1.43. The van der Waals surface area contributed by atoms with E-state index in [1.54, 1.807) is 13.8 Å². The topological polar surface area (TPSA) is 65.0 Å². The summed E-state index contributed by atoms with van der Waals surface area (Å²) in [7, 11) is 0. The van der Waals surface area contributed by atoms with Gasteiger partial charge in [0.25, 0.3) is 0 Å². The fourth-order valence-corrected chi connectivity index (χ4v) is 1.45. The van der Waals surface area contributed by atoms with Crippen LogP contribution in [0.15, 0.2) is 36.3 Å². The average molecular weight is 250 g/mol. The van der Waals surface area contributed by atoms with Gasteiger partial charge in [-0.15, -0.1) is 0 Å². The van der Waals surface area contributed by atoms with Gasteiger partial charge in [-0.05, 0) is 24.3 Å². The molecule has 1 aliphatic rings. The summed E-state index contributed by atoms with van der Waals surface area (Å²) in [4.78, 5) is 11.6. The molecule has 0 unspecified atom stereocenters. The Morgan fingerprint density at radius 3 is 2.56 bits per heavy atom. The molecule has 1 aliphatic heterocycles. The molecule has 1 aromatic carbocycles. The first kappa shape index (κ1) is 12.3. The maximum absolute atomic E-state index is 11.6. The van der Waals surface area contributed by atoms with Crippen LogP contribution in [0.25, 0.3) is 0 Å². The predicted octanol–water partition coefficient (Wildman–Crippen LogP) is 2.17. The normalized spacial score (nSPS) is 16.4. The summed E-state index contributed by atoms with van der Waals surface area (Å²) < 4.78 is 15.6. The van der Waals surface area contributed by atoms with Crippen LogP contribution < -0.4 is 0 Å². The van der Waals surface area contributed by atoms with Crippen LogP contribution in [0.4, 0.5) is 0 Å². The zero-order valence-electron chi connectivity index (χ0n) is 10.2. The van der Waals surface area contributed by atoms with E-state index in [2.05, 4.69) is 0 Å². The van der Waals surface area contributed by atoms with Gasteiger partial charge in [0.15, 0.2) is 12.4 Å². The smallest absolute Gasteiger partial charge is 0.338 e. The minimum Gasteiger partial charge on any atom is -0.508 e. The van der Waals surface area contributed by atoms with Crippen LogP contribution in [0, 0.1) is 0 Å². The molecule has 1 aromatic rings. The number of ether oxygens (including phenoxy) is 3. The summed E-state index contributed by atoms with van der Waals surface area (Å²) in [5.41, 5.74) is 0.367. The third-order valence-electron chi connectivity index (χ3n) is 2.30. The van der Waals surface area contributed by atoms with Gasteiger partial charge < -0.3 is 19.3 Å². The van der Waals surface area contributed by atoms with Gasteiger partial charge in [0.2, 0.25) is 5.79 Å². The van der Waals surface area contributed by atoms with E-state index in [1.165, 1.54) is 30.5 Å². The number of phenolic OH excluding ortho intramolecular Hbond substituents is 1. The number of hydrogen-bond acceptors (Lipinski definition) is 5. The molecular formula is C13H14O5. The van der Waals surface area contributed by atoms with Crippen LogP contribution in [-0.4, -0.2) is 23.5 Å². The lowest BCUT2D eigenvalue weighted by molar-refractivity contribution is -0.120. The van der Waals surface area contributed by atoms with E-state index in [9.17, 15) is 4.79 Å². The third-order valence-corrected chi connectivity index (χ3v) is 2.30. The Kier molecular flexibility index (Phi) is 3.14. The Bertz CT molecular complexity index is 473. The van der Waals surface area contributed by atoms with E-state index in [0.717, 1.165) is 0 Å². The van der Waals surface area contributed by atoms with Crippen LogP contribution in [0.3, 0.4) is 0 Å². The molecule has 96 valence electrons. The Labute approximate surface area is 105 Å². The van der Waals surface area contributed by atoms with E-state index in [0.29, 0.717) is 11.3 Å². The zero-order valence-corrected chi connectivity index (χ0v) is 10.2. The maximum Gasteiger partial charge on any atom is 0.338 e. The van der Waals surface area contributed by atoms with Crippen LogP contribution in [0.1, 0.15) is 24.2 Å². The molecule has 5 nitrogen and oxygen atoms in total. The molecule has 0 bridgehead atoms. The molecule has 0 saturated heterocycles. The highest BCUT2D eigenvalue weighted by Gasteiger charge is 2.28. The lowest BCUT2D eigenvalue weighted by atomic mass is 10.2. The average Bonchev–Trinajstić information content (AvgIpc) is 2.67. The molecule has 5 heteroatoms. The van der Waals surface area contributed by atoms with Gasteiger partial charge in [-0.25, -0.2) is 4.79 Å². The molecule has 1 N–H and O–H groups in total. The largest absolute Gasteiger partial charge is 0.508 e. The van der Waals surface area contributed by atoms with Gasteiger partial charge in [-0.3, -0.25) is 0 Å². The molecule has 0 fully saturated rings. The van der Waals surface area contributed by atoms with Gasteiger partial charge in [-0.1, -0.05) is 0 Å².